The number of allylic oxidation sites excluding steroid dienone is 5. The quantitative estimate of drug-likeness (QED) is 0.600. The molecule has 0 N–H and O–H groups in total. The minimum Gasteiger partial charge on any atom is -0.315 e. The van der Waals surface area contributed by atoms with E-state index in [1.165, 1.54) is 0 Å². The summed E-state index contributed by atoms with van der Waals surface area (Å²) in [5, 5.41) is 0. The van der Waals surface area contributed by atoms with Gasteiger partial charge in [0.2, 0.25) is 0 Å². The van der Waals surface area contributed by atoms with E-state index in [1.54, 1.807) is 4.90 Å². The van der Waals surface area contributed by atoms with Crippen LogP contribution in [0, 0.1) is 0 Å². The number of nitrogens with zero attached hydrogens (tertiary/aromatic N) is 1. The van der Waals surface area contributed by atoms with Crippen molar-refractivity contribution >= 4 is 6.29 Å². The first kappa shape index (κ1) is 9.52. The van der Waals surface area contributed by atoms with Crippen LogP contribution in [0.1, 0.15) is 13.8 Å². The summed E-state index contributed by atoms with van der Waals surface area (Å²) >= 11 is 0. The van der Waals surface area contributed by atoms with Crippen molar-refractivity contribution in [1.29, 1.82) is 0 Å². The molecule has 0 spiro atoms. The van der Waals surface area contributed by atoms with Gasteiger partial charge in [-0.1, -0.05) is 18.7 Å². The normalized spacial score (nSPS) is 17.4. The topological polar surface area (TPSA) is 20.3 Å². The van der Waals surface area contributed by atoms with Gasteiger partial charge in [-0.05, 0) is 25.5 Å². The van der Waals surface area contributed by atoms with Crippen molar-refractivity contribution in [3.63, 3.8) is 0 Å². The predicted octanol–water partition coefficient (Wildman–Crippen LogP) is 2.38. The summed E-state index contributed by atoms with van der Waals surface area (Å²) < 4.78 is 0. The van der Waals surface area contributed by atoms with Gasteiger partial charge in [0, 0.05) is 11.9 Å². The molecule has 0 unspecified atom stereocenters. The maximum Gasteiger partial charge on any atom is 0.167 e. The highest BCUT2D eigenvalue weighted by Gasteiger charge is 2.13. The Bertz CT molecular complexity index is 321. The van der Waals surface area contributed by atoms with Gasteiger partial charge in [-0.3, -0.25) is 4.79 Å². The molecule has 2 nitrogen and oxygen atoms in total. The van der Waals surface area contributed by atoms with Crippen molar-refractivity contribution < 1.29 is 4.79 Å². The highest BCUT2D eigenvalue weighted by Crippen LogP contribution is 2.21. The molecule has 68 valence electrons. The van der Waals surface area contributed by atoms with Crippen LogP contribution in [0.25, 0.3) is 0 Å². The van der Waals surface area contributed by atoms with E-state index in [-0.39, 0.29) is 0 Å². The molecule has 1 heterocycles. The van der Waals surface area contributed by atoms with E-state index >= 15 is 0 Å². The number of carbonyl (C=O) groups excluding carboxylic acids is 1. The highest BCUT2D eigenvalue weighted by atomic mass is 16.1. The van der Waals surface area contributed by atoms with Gasteiger partial charge in [0.1, 0.15) is 0 Å². The van der Waals surface area contributed by atoms with E-state index in [1.807, 2.05) is 38.3 Å². The Balaban J connectivity index is 3.11. The van der Waals surface area contributed by atoms with Crippen LogP contribution in [0.5, 0.6) is 0 Å². The van der Waals surface area contributed by atoms with Gasteiger partial charge >= 0.3 is 0 Å². The highest BCUT2D eigenvalue weighted by molar-refractivity contribution is 5.76. The molecule has 0 aromatic carbocycles. The van der Waals surface area contributed by atoms with E-state index in [2.05, 4.69) is 6.58 Å². The maximum absolute atomic E-state index is 10.8. The van der Waals surface area contributed by atoms with Crippen molar-refractivity contribution in [3.05, 3.63) is 48.0 Å². The maximum atomic E-state index is 10.8. The van der Waals surface area contributed by atoms with Crippen LogP contribution in [-0.4, -0.2) is 11.2 Å². The van der Waals surface area contributed by atoms with E-state index in [0.29, 0.717) is 5.70 Å². The molecule has 0 fully saturated rings. The molecular formula is C11H13NO. The van der Waals surface area contributed by atoms with Crippen molar-refractivity contribution in [3.8, 4) is 0 Å². The average Bonchev–Trinajstić information content (AvgIpc) is 2.12. The second kappa shape index (κ2) is 3.90. The van der Waals surface area contributed by atoms with Gasteiger partial charge < -0.3 is 4.90 Å². The summed E-state index contributed by atoms with van der Waals surface area (Å²) in [4.78, 5) is 12.6. The Morgan fingerprint density at radius 3 is 2.69 bits per heavy atom. The van der Waals surface area contributed by atoms with Gasteiger partial charge in [-0.15, -0.1) is 0 Å². The van der Waals surface area contributed by atoms with E-state index < -0.39 is 0 Å². The molecule has 0 aliphatic carbocycles. The minimum absolute atomic E-state index is 0.658. The average molecular weight is 175 g/mol. The smallest absolute Gasteiger partial charge is 0.167 e. The predicted molar refractivity (Wildman–Crippen MR) is 53.7 cm³/mol. The van der Waals surface area contributed by atoms with Gasteiger partial charge in [0.15, 0.2) is 6.29 Å². The van der Waals surface area contributed by atoms with Crippen molar-refractivity contribution in [2.24, 2.45) is 0 Å². The number of carbonyl (C=O) groups is 1. The molecule has 1 aliphatic heterocycles. The SMILES string of the molecule is C=C1C=CC(C)=C(C=O)N1/C=C\C. The van der Waals surface area contributed by atoms with Gasteiger partial charge in [-0.25, -0.2) is 0 Å². The molecule has 1 rings (SSSR count). The zero-order valence-corrected chi connectivity index (χ0v) is 7.95. The number of aldehydes is 1. The van der Waals surface area contributed by atoms with Crippen molar-refractivity contribution in [2.45, 2.75) is 13.8 Å². The molecule has 13 heavy (non-hydrogen) atoms. The number of hydrogen-bond acceptors (Lipinski definition) is 2. The van der Waals surface area contributed by atoms with Crippen LogP contribution in [0.2, 0.25) is 0 Å². The summed E-state index contributed by atoms with van der Waals surface area (Å²) in [6, 6.07) is 0. The number of rotatable bonds is 2. The molecule has 0 saturated carbocycles. The zero-order valence-electron chi connectivity index (χ0n) is 7.95. The van der Waals surface area contributed by atoms with Crippen LogP contribution in [0.15, 0.2) is 48.0 Å². The first-order valence-electron chi connectivity index (χ1n) is 4.15. The first-order chi connectivity index (χ1) is 6.20. The summed E-state index contributed by atoms with van der Waals surface area (Å²) in [5.41, 5.74) is 2.43. The molecule has 1 aliphatic rings. The fourth-order valence-electron chi connectivity index (χ4n) is 1.21. The van der Waals surface area contributed by atoms with Crippen LogP contribution in [0.3, 0.4) is 0 Å². The standard InChI is InChI=1S/C11H13NO/c1-4-7-12-10(3)6-5-9(2)11(12)8-13/h4-8H,3H2,1-2H3/b7-4-. The Morgan fingerprint density at radius 1 is 1.46 bits per heavy atom. The molecule has 0 saturated heterocycles. The van der Waals surface area contributed by atoms with E-state index in [4.69, 9.17) is 0 Å². The lowest BCUT2D eigenvalue weighted by Crippen LogP contribution is -2.19. The van der Waals surface area contributed by atoms with E-state index in [0.717, 1.165) is 17.6 Å². The molecule has 0 atom stereocenters. The van der Waals surface area contributed by atoms with Crippen molar-refractivity contribution in [1.82, 2.24) is 4.90 Å². The molecule has 0 bridgehead atoms. The van der Waals surface area contributed by atoms with Gasteiger partial charge in [0.05, 0.1) is 5.70 Å². The van der Waals surface area contributed by atoms with Crippen LogP contribution < -0.4 is 0 Å². The summed E-state index contributed by atoms with van der Waals surface area (Å²) in [6.45, 7) is 7.65. The van der Waals surface area contributed by atoms with Gasteiger partial charge in [0.25, 0.3) is 0 Å². The molecule has 0 radical (unpaired) electrons. The summed E-state index contributed by atoms with van der Waals surface area (Å²) in [6.07, 6.45) is 8.35. The fraction of sp³-hybridized carbons (Fsp3) is 0.182. The fourth-order valence-corrected chi connectivity index (χ4v) is 1.21. The summed E-state index contributed by atoms with van der Waals surface area (Å²) in [5.74, 6) is 0. The minimum atomic E-state index is 0.658. The third kappa shape index (κ3) is 1.78. The van der Waals surface area contributed by atoms with Gasteiger partial charge in [-0.2, -0.15) is 0 Å². The van der Waals surface area contributed by atoms with Crippen LogP contribution >= 0.6 is 0 Å². The largest absolute Gasteiger partial charge is 0.315 e. The monoisotopic (exact) mass is 175 g/mol. The Morgan fingerprint density at radius 2 is 2.15 bits per heavy atom. The lowest BCUT2D eigenvalue weighted by atomic mass is 10.1. The molecule has 0 amide bonds. The second-order valence-electron chi connectivity index (χ2n) is 2.86. The third-order valence-electron chi connectivity index (χ3n) is 1.91. The third-order valence-corrected chi connectivity index (χ3v) is 1.91. The molecule has 0 aromatic heterocycles. The van der Waals surface area contributed by atoms with Crippen LogP contribution in [0.4, 0.5) is 0 Å². The van der Waals surface area contributed by atoms with E-state index in [9.17, 15) is 4.79 Å². The Labute approximate surface area is 78.5 Å². The molecule has 2 heteroatoms. The van der Waals surface area contributed by atoms with Crippen molar-refractivity contribution in [2.75, 3.05) is 0 Å². The Hall–Kier alpha value is -1.57. The summed E-state index contributed by atoms with van der Waals surface area (Å²) in [7, 11) is 0. The lowest BCUT2D eigenvalue weighted by Gasteiger charge is -2.24. The number of hydrogen-bond donors (Lipinski definition) is 0. The zero-order chi connectivity index (χ0) is 9.84. The van der Waals surface area contributed by atoms with Crippen LogP contribution in [-0.2, 0) is 4.79 Å². The molecular weight excluding hydrogens is 162 g/mol. The second-order valence-corrected chi connectivity index (χ2v) is 2.86. The lowest BCUT2D eigenvalue weighted by molar-refractivity contribution is -0.105. The Kier molecular flexibility index (Phi) is 2.85. The molecule has 0 aromatic rings. The first-order valence-corrected chi connectivity index (χ1v) is 4.15.